The van der Waals surface area contributed by atoms with Crippen LogP contribution in [0.15, 0.2) is 39.3 Å². The molecule has 0 fully saturated rings. The fourth-order valence-electron chi connectivity index (χ4n) is 1.66. The molecule has 2 rings (SSSR count). The molecule has 8 heteroatoms. The lowest BCUT2D eigenvalue weighted by molar-refractivity contribution is 0.0696. The molecule has 0 saturated heterocycles. The Bertz CT molecular complexity index is 783. The largest absolute Gasteiger partial charge is 0.478 e. The number of hydrogen-bond acceptors (Lipinski definition) is 2. The highest BCUT2D eigenvalue weighted by Gasteiger charge is 2.16. The van der Waals surface area contributed by atoms with Gasteiger partial charge in [-0.2, -0.15) is 0 Å². The Morgan fingerprint density at radius 3 is 2.50 bits per heavy atom. The molecule has 0 aromatic heterocycles. The SMILES string of the molecule is O=C(O)c1ccc(Cl)c(NC(=O)c2cc(Br)cc(Br)c2I)c1. The molecule has 2 aromatic carbocycles. The van der Waals surface area contributed by atoms with E-state index in [1.165, 1.54) is 18.2 Å². The summed E-state index contributed by atoms with van der Waals surface area (Å²) in [5.41, 5.74) is 0.738. The van der Waals surface area contributed by atoms with Gasteiger partial charge < -0.3 is 10.4 Å². The van der Waals surface area contributed by atoms with E-state index < -0.39 is 5.97 Å². The van der Waals surface area contributed by atoms with Crippen LogP contribution in [0.1, 0.15) is 20.7 Å². The van der Waals surface area contributed by atoms with Gasteiger partial charge in [0.15, 0.2) is 0 Å². The number of amides is 1. The Kier molecular flexibility index (Phi) is 5.87. The molecule has 0 atom stereocenters. The predicted molar refractivity (Wildman–Crippen MR) is 101 cm³/mol. The second kappa shape index (κ2) is 7.29. The zero-order chi connectivity index (χ0) is 16.4. The quantitative estimate of drug-likeness (QED) is 0.390. The van der Waals surface area contributed by atoms with Crippen LogP contribution in [0.4, 0.5) is 5.69 Å². The fourth-order valence-corrected chi connectivity index (χ4v) is 3.61. The number of halogens is 4. The van der Waals surface area contributed by atoms with Crippen molar-refractivity contribution in [1.82, 2.24) is 0 Å². The van der Waals surface area contributed by atoms with Crippen LogP contribution in [0.5, 0.6) is 0 Å². The van der Waals surface area contributed by atoms with Gasteiger partial charge in [-0.1, -0.05) is 27.5 Å². The van der Waals surface area contributed by atoms with Crippen molar-refractivity contribution in [1.29, 1.82) is 0 Å². The van der Waals surface area contributed by atoms with Crippen LogP contribution >= 0.6 is 66.1 Å². The molecular formula is C14H7Br2ClINO3. The van der Waals surface area contributed by atoms with Gasteiger partial charge in [-0.3, -0.25) is 4.79 Å². The Morgan fingerprint density at radius 2 is 1.86 bits per heavy atom. The van der Waals surface area contributed by atoms with Gasteiger partial charge in [0.25, 0.3) is 5.91 Å². The van der Waals surface area contributed by atoms with Gasteiger partial charge in [0.1, 0.15) is 0 Å². The van der Waals surface area contributed by atoms with E-state index in [0.717, 1.165) is 12.5 Å². The van der Waals surface area contributed by atoms with Crippen LogP contribution in [-0.2, 0) is 0 Å². The maximum absolute atomic E-state index is 12.4. The van der Waals surface area contributed by atoms with Gasteiger partial charge in [-0.15, -0.1) is 0 Å². The highest BCUT2D eigenvalue weighted by molar-refractivity contribution is 14.1. The van der Waals surface area contributed by atoms with Crippen molar-refractivity contribution in [2.24, 2.45) is 0 Å². The number of benzene rings is 2. The zero-order valence-electron chi connectivity index (χ0n) is 10.7. The first kappa shape index (κ1) is 17.7. The monoisotopic (exact) mass is 557 g/mol. The summed E-state index contributed by atoms with van der Waals surface area (Å²) in [7, 11) is 0. The highest BCUT2D eigenvalue weighted by Crippen LogP contribution is 2.29. The molecule has 2 N–H and O–H groups in total. The molecule has 0 saturated carbocycles. The summed E-state index contributed by atoms with van der Waals surface area (Å²) in [6.45, 7) is 0. The number of nitrogens with one attached hydrogen (secondary N) is 1. The molecule has 0 heterocycles. The van der Waals surface area contributed by atoms with Crippen LogP contribution in [0, 0.1) is 3.57 Å². The number of rotatable bonds is 3. The van der Waals surface area contributed by atoms with E-state index in [-0.39, 0.29) is 22.2 Å². The maximum Gasteiger partial charge on any atom is 0.335 e. The summed E-state index contributed by atoms with van der Waals surface area (Å²) in [5.74, 6) is -1.47. The Balaban J connectivity index is 2.37. The lowest BCUT2D eigenvalue weighted by atomic mass is 10.1. The minimum atomic E-state index is -1.09. The summed E-state index contributed by atoms with van der Waals surface area (Å²) < 4.78 is 2.26. The van der Waals surface area contributed by atoms with Gasteiger partial charge in [0, 0.05) is 12.5 Å². The van der Waals surface area contributed by atoms with Crippen molar-refractivity contribution in [2.75, 3.05) is 5.32 Å². The fraction of sp³-hybridized carbons (Fsp3) is 0. The minimum absolute atomic E-state index is 0.0461. The third-order valence-corrected chi connectivity index (χ3v) is 6.02. The second-order valence-corrected chi connectivity index (χ2v) is 7.46. The van der Waals surface area contributed by atoms with Crippen LogP contribution in [-0.4, -0.2) is 17.0 Å². The molecule has 4 nitrogen and oxygen atoms in total. The Hall–Kier alpha value is -0.640. The van der Waals surface area contributed by atoms with Crippen molar-refractivity contribution in [3.8, 4) is 0 Å². The number of hydrogen-bond donors (Lipinski definition) is 2. The van der Waals surface area contributed by atoms with Gasteiger partial charge in [-0.25, -0.2) is 4.79 Å². The van der Waals surface area contributed by atoms with E-state index in [1.54, 1.807) is 6.07 Å². The van der Waals surface area contributed by atoms with E-state index in [0.29, 0.717) is 5.56 Å². The number of carbonyl (C=O) groups excluding carboxylic acids is 1. The van der Waals surface area contributed by atoms with Crippen molar-refractivity contribution >= 4 is 83.6 Å². The van der Waals surface area contributed by atoms with Crippen LogP contribution in [0.25, 0.3) is 0 Å². The van der Waals surface area contributed by atoms with Crippen molar-refractivity contribution in [3.05, 3.63) is 59.0 Å². The molecule has 0 radical (unpaired) electrons. The molecule has 114 valence electrons. The van der Waals surface area contributed by atoms with Crippen LogP contribution in [0.3, 0.4) is 0 Å². The second-order valence-electron chi connectivity index (χ2n) is 4.20. The Morgan fingerprint density at radius 1 is 1.18 bits per heavy atom. The van der Waals surface area contributed by atoms with E-state index in [4.69, 9.17) is 16.7 Å². The number of carbonyl (C=O) groups is 2. The van der Waals surface area contributed by atoms with Crippen molar-refractivity contribution < 1.29 is 14.7 Å². The standard InChI is InChI=1S/C14H7Br2ClINO3/c15-7-4-8(12(18)9(16)5-7)13(20)19-11-3-6(14(21)22)1-2-10(11)17/h1-5H,(H,19,20)(H,21,22). The van der Waals surface area contributed by atoms with Crippen LogP contribution < -0.4 is 5.32 Å². The molecule has 0 bridgehead atoms. The number of carboxylic acids is 1. The van der Waals surface area contributed by atoms with Gasteiger partial charge in [0.05, 0.1) is 21.8 Å². The molecule has 1 amide bonds. The highest BCUT2D eigenvalue weighted by atomic mass is 127. The van der Waals surface area contributed by atoms with Gasteiger partial charge in [-0.05, 0) is 68.9 Å². The third-order valence-electron chi connectivity index (χ3n) is 2.70. The van der Waals surface area contributed by atoms with Gasteiger partial charge >= 0.3 is 5.97 Å². The predicted octanol–water partition coefficient (Wildman–Crippen LogP) is 5.42. The lowest BCUT2D eigenvalue weighted by Gasteiger charge is -2.11. The normalized spacial score (nSPS) is 10.4. The summed E-state index contributed by atoms with van der Waals surface area (Å²) in [4.78, 5) is 23.4. The first-order valence-corrected chi connectivity index (χ1v) is 8.82. The minimum Gasteiger partial charge on any atom is -0.478 e. The maximum atomic E-state index is 12.4. The molecule has 0 aliphatic heterocycles. The molecular weight excluding hydrogens is 552 g/mol. The zero-order valence-corrected chi connectivity index (χ0v) is 16.7. The molecule has 22 heavy (non-hydrogen) atoms. The average molecular weight is 559 g/mol. The summed E-state index contributed by atoms with van der Waals surface area (Å²) in [6, 6.07) is 7.64. The molecule has 0 spiro atoms. The first-order valence-electron chi connectivity index (χ1n) is 5.78. The number of carboxylic acid groups (broad SMARTS) is 1. The lowest BCUT2D eigenvalue weighted by Crippen LogP contribution is -2.14. The summed E-state index contributed by atoms with van der Waals surface area (Å²) >= 11 is 14.8. The average Bonchev–Trinajstić information content (AvgIpc) is 2.44. The molecule has 0 aliphatic carbocycles. The Labute approximate surface area is 161 Å². The first-order chi connectivity index (χ1) is 10.3. The van der Waals surface area contributed by atoms with Crippen molar-refractivity contribution in [2.45, 2.75) is 0 Å². The summed E-state index contributed by atoms with van der Waals surface area (Å²) in [5, 5.41) is 11.9. The van der Waals surface area contributed by atoms with Crippen LogP contribution in [0.2, 0.25) is 5.02 Å². The molecule has 0 aliphatic rings. The third kappa shape index (κ3) is 4.01. The van der Waals surface area contributed by atoms with Crippen molar-refractivity contribution in [3.63, 3.8) is 0 Å². The van der Waals surface area contributed by atoms with E-state index in [1.807, 2.05) is 28.7 Å². The van der Waals surface area contributed by atoms with E-state index in [9.17, 15) is 9.59 Å². The molecule has 0 unspecified atom stereocenters. The number of anilines is 1. The summed E-state index contributed by atoms with van der Waals surface area (Å²) in [6.07, 6.45) is 0. The molecule has 2 aromatic rings. The topological polar surface area (TPSA) is 66.4 Å². The van der Waals surface area contributed by atoms with Gasteiger partial charge in [0.2, 0.25) is 0 Å². The number of aromatic carboxylic acids is 1. The smallest absolute Gasteiger partial charge is 0.335 e. The van der Waals surface area contributed by atoms with E-state index in [2.05, 4.69) is 37.2 Å². The van der Waals surface area contributed by atoms with E-state index >= 15 is 0 Å².